The molecule has 0 fully saturated rings. The van der Waals surface area contributed by atoms with E-state index in [0.717, 1.165) is 31.7 Å². The number of halogens is 2. The molecule has 1 aromatic rings. The Morgan fingerprint density at radius 3 is 2.58 bits per heavy atom. The average molecular weight is 493 g/mol. The maximum atomic E-state index is 12.5. The highest BCUT2D eigenvalue weighted by Gasteiger charge is 2.31. The highest BCUT2D eigenvalue weighted by atomic mass is 35.5. The van der Waals surface area contributed by atoms with Gasteiger partial charge in [-0.15, -0.1) is 0 Å². The smallest absolute Gasteiger partial charge is 0.327 e. The zero-order valence-corrected chi connectivity index (χ0v) is 19.4. The molecule has 0 aromatic heterocycles. The molecule has 0 saturated carbocycles. The minimum Gasteiger partial charge on any atom is -0.454 e. The molecule has 0 saturated heterocycles. The van der Waals surface area contributed by atoms with Gasteiger partial charge in [0.2, 0.25) is 10.0 Å². The topological polar surface area (TPSA) is 122 Å². The fourth-order valence-electron chi connectivity index (χ4n) is 2.99. The van der Waals surface area contributed by atoms with Crippen molar-refractivity contribution in [2.24, 2.45) is 0 Å². The number of nitrogens with one attached hydrogen (secondary N) is 2. The molecular weight excluding hydrogens is 467 g/mol. The van der Waals surface area contributed by atoms with E-state index in [2.05, 4.69) is 16.1 Å². The molecule has 1 aromatic carbocycles. The summed E-state index contributed by atoms with van der Waals surface area (Å²) in [6, 6.07) is 2.00. The second-order valence-electron chi connectivity index (χ2n) is 7.23. The molecule has 2 atom stereocenters. The van der Waals surface area contributed by atoms with E-state index in [1.807, 2.05) is 0 Å². The Labute approximate surface area is 192 Å². The number of benzene rings is 1. The molecule has 0 aliphatic heterocycles. The molecule has 11 heteroatoms. The molecule has 0 bridgehead atoms. The second-order valence-corrected chi connectivity index (χ2v) is 9.76. The Balaban J connectivity index is 1.88. The lowest BCUT2D eigenvalue weighted by Crippen LogP contribution is -2.49. The first-order chi connectivity index (χ1) is 14.6. The Morgan fingerprint density at radius 1 is 1.23 bits per heavy atom. The lowest BCUT2D eigenvalue weighted by molar-refractivity contribution is -0.152. The van der Waals surface area contributed by atoms with E-state index < -0.39 is 40.7 Å². The summed E-state index contributed by atoms with van der Waals surface area (Å²) < 4.78 is 32.0. The predicted octanol–water partition coefficient (Wildman–Crippen LogP) is 2.57. The maximum absolute atomic E-state index is 12.5. The summed E-state index contributed by atoms with van der Waals surface area (Å²) in [4.78, 5) is 24.0. The SMILES string of the molecule is CC(O)C(NS(=O)(=O)c1ccc(Cl)c(Cl)c1)C(=O)OCC(=O)NCCC1=CCCCC1. The van der Waals surface area contributed by atoms with Crippen molar-refractivity contribution in [3.8, 4) is 0 Å². The van der Waals surface area contributed by atoms with Gasteiger partial charge < -0.3 is 15.2 Å². The van der Waals surface area contributed by atoms with Gasteiger partial charge >= 0.3 is 5.97 Å². The van der Waals surface area contributed by atoms with Gasteiger partial charge in [0.25, 0.3) is 5.91 Å². The summed E-state index contributed by atoms with van der Waals surface area (Å²) in [7, 11) is -4.21. The second kappa shape index (κ2) is 11.8. The quantitative estimate of drug-likeness (QED) is 0.340. The normalized spacial score (nSPS) is 16.2. The number of hydrogen-bond acceptors (Lipinski definition) is 6. The van der Waals surface area contributed by atoms with Crippen LogP contribution in [0, 0.1) is 0 Å². The van der Waals surface area contributed by atoms with E-state index in [0.29, 0.717) is 6.54 Å². The van der Waals surface area contributed by atoms with Gasteiger partial charge in [-0.05, 0) is 57.2 Å². The Kier molecular flexibility index (Phi) is 9.77. The van der Waals surface area contributed by atoms with Crippen molar-refractivity contribution in [2.75, 3.05) is 13.2 Å². The molecule has 1 amide bonds. The van der Waals surface area contributed by atoms with E-state index in [4.69, 9.17) is 27.9 Å². The number of esters is 1. The van der Waals surface area contributed by atoms with Crippen LogP contribution >= 0.6 is 23.2 Å². The lowest BCUT2D eigenvalue weighted by atomic mass is 9.97. The van der Waals surface area contributed by atoms with E-state index in [1.54, 1.807) is 0 Å². The molecule has 1 aliphatic rings. The number of ether oxygens (including phenoxy) is 1. The number of hydrogen-bond donors (Lipinski definition) is 3. The summed E-state index contributed by atoms with van der Waals surface area (Å²) in [5.74, 6) is -1.59. The van der Waals surface area contributed by atoms with Gasteiger partial charge in [-0.3, -0.25) is 9.59 Å². The summed E-state index contributed by atoms with van der Waals surface area (Å²) in [5, 5.41) is 12.7. The monoisotopic (exact) mass is 492 g/mol. The highest BCUT2D eigenvalue weighted by Crippen LogP contribution is 2.25. The molecule has 2 rings (SSSR count). The Hall–Kier alpha value is -1.65. The van der Waals surface area contributed by atoms with Crippen molar-refractivity contribution in [1.29, 1.82) is 0 Å². The summed E-state index contributed by atoms with van der Waals surface area (Å²) >= 11 is 11.6. The van der Waals surface area contributed by atoms with Crippen molar-refractivity contribution in [3.63, 3.8) is 0 Å². The third kappa shape index (κ3) is 8.08. The highest BCUT2D eigenvalue weighted by molar-refractivity contribution is 7.89. The molecule has 1 aliphatic carbocycles. The van der Waals surface area contributed by atoms with Gasteiger partial charge in [0.1, 0.15) is 6.04 Å². The fraction of sp³-hybridized carbons (Fsp3) is 0.500. The molecule has 0 spiro atoms. The number of aliphatic hydroxyl groups excluding tert-OH is 1. The number of allylic oxidation sites excluding steroid dienone is 1. The molecule has 0 heterocycles. The van der Waals surface area contributed by atoms with Crippen LogP contribution in [0.15, 0.2) is 34.7 Å². The zero-order chi connectivity index (χ0) is 23.0. The third-order valence-corrected chi connectivity index (χ3v) is 6.90. The fourth-order valence-corrected chi connectivity index (χ4v) is 4.64. The number of amides is 1. The first-order valence-corrected chi connectivity index (χ1v) is 12.1. The van der Waals surface area contributed by atoms with Crippen molar-refractivity contribution < 1.29 is 27.9 Å². The summed E-state index contributed by atoms with van der Waals surface area (Å²) in [5.41, 5.74) is 1.30. The van der Waals surface area contributed by atoms with Crippen LogP contribution in [-0.2, 0) is 24.3 Å². The number of carbonyl (C=O) groups is 2. The average Bonchev–Trinajstić information content (AvgIpc) is 2.72. The van der Waals surface area contributed by atoms with Crippen LogP contribution in [0.2, 0.25) is 10.0 Å². The molecular formula is C20H26Cl2N2O6S. The predicted molar refractivity (Wildman–Crippen MR) is 117 cm³/mol. The van der Waals surface area contributed by atoms with Gasteiger partial charge in [-0.1, -0.05) is 34.9 Å². The van der Waals surface area contributed by atoms with Gasteiger partial charge in [-0.2, -0.15) is 4.72 Å². The van der Waals surface area contributed by atoms with Crippen molar-refractivity contribution >= 4 is 45.1 Å². The van der Waals surface area contributed by atoms with Crippen LogP contribution in [0.3, 0.4) is 0 Å². The van der Waals surface area contributed by atoms with E-state index in [1.165, 1.54) is 31.1 Å². The van der Waals surface area contributed by atoms with Gasteiger partial charge in [-0.25, -0.2) is 8.42 Å². The van der Waals surface area contributed by atoms with Crippen LogP contribution in [0.1, 0.15) is 39.0 Å². The molecule has 0 radical (unpaired) electrons. The zero-order valence-electron chi connectivity index (χ0n) is 17.1. The van der Waals surface area contributed by atoms with Gasteiger partial charge in [0, 0.05) is 6.54 Å². The largest absolute Gasteiger partial charge is 0.454 e. The standard InChI is InChI=1S/C20H26Cl2N2O6S/c1-13(25)19(24-31(28,29)15-7-8-16(21)17(22)11-15)20(27)30-12-18(26)23-10-9-14-5-3-2-4-6-14/h5,7-8,11,13,19,24-25H,2-4,6,9-10,12H2,1H3,(H,23,26). The molecule has 2 unspecified atom stereocenters. The molecule has 172 valence electrons. The maximum Gasteiger partial charge on any atom is 0.327 e. The molecule has 8 nitrogen and oxygen atoms in total. The third-order valence-electron chi connectivity index (χ3n) is 4.72. The minimum absolute atomic E-state index is 0.0152. The number of rotatable bonds is 10. The molecule has 3 N–H and O–H groups in total. The minimum atomic E-state index is -4.21. The van der Waals surface area contributed by atoms with E-state index in [-0.39, 0.29) is 14.9 Å². The van der Waals surface area contributed by atoms with Crippen LogP contribution in [0.25, 0.3) is 0 Å². The number of carbonyl (C=O) groups excluding carboxylic acids is 2. The van der Waals surface area contributed by atoms with E-state index >= 15 is 0 Å². The van der Waals surface area contributed by atoms with Crippen LogP contribution in [-0.4, -0.2) is 50.7 Å². The first-order valence-electron chi connectivity index (χ1n) is 9.87. The van der Waals surface area contributed by atoms with Crippen LogP contribution < -0.4 is 10.0 Å². The summed E-state index contributed by atoms with van der Waals surface area (Å²) in [6.07, 6.45) is 5.93. The molecule has 31 heavy (non-hydrogen) atoms. The van der Waals surface area contributed by atoms with Crippen LogP contribution in [0.4, 0.5) is 0 Å². The Bertz CT molecular complexity index is 934. The first kappa shape index (κ1) is 25.6. The van der Waals surface area contributed by atoms with Crippen LogP contribution in [0.5, 0.6) is 0 Å². The van der Waals surface area contributed by atoms with Crippen molar-refractivity contribution in [1.82, 2.24) is 10.0 Å². The van der Waals surface area contributed by atoms with Gasteiger partial charge in [0.05, 0.1) is 21.0 Å². The van der Waals surface area contributed by atoms with Crippen molar-refractivity contribution in [2.45, 2.75) is 56.1 Å². The van der Waals surface area contributed by atoms with Crippen molar-refractivity contribution in [3.05, 3.63) is 39.9 Å². The number of sulfonamides is 1. The Morgan fingerprint density at radius 2 is 1.97 bits per heavy atom. The number of aliphatic hydroxyl groups is 1. The van der Waals surface area contributed by atoms with E-state index in [9.17, 15) is 23.1 Å². The lowest BCUT2D eigenvalue weighted by Gasteiger charge is -2.20. The summed E-state index contributed by atoms with van der Waals surface area (Å²) in [6.45, 7) is 1.06. The van der Waals surface area contributed by atoms with Gasteiger partial charge in [0.15, 0.2) is 6.61 Å².